The standard InChI is InChI=1S/C15H20ClNS/c16-15-8-11(12-2-1-6-17-9-12)3-4-14(15)13-5-7-18-10-13/h3-4,8,12-13,17H,1-2,5-7,9-10H2. The molecular weight excluding hydrogens is 262 g/mol. The quantitative estimate of drug-likeness (QED) is 0.878. The lowest BCUT2D eigenvalue weighted by atomic mass is 9.89. The van der Waals surface area contributed by atoms with E-state index in [4.69, 9.17) is 11.6 Å². The van der Waals surface area contributed by atoms with Gasteiger partial charge in [-0.25, -0.2) is 0 Å². The minimum Gasteiger partial charge on any atom is -0.316 e. The summed E-state index contributed by atoms with van der Waals surface area (Å²) in [7, 11) is 0. The van der Waals surface area contributed by atoms with E-state index in [9.17, 15) is 0 Å². The molecule has 0 aromatic heterocycles. The molecule has 18 heavy (non-hydrogen) atoms. The third-order valence-electron chi connectivity index (χ3n) is 4.16. The van der Waals surface area contributed by atoms with Crippen LogP contribution in [0.25, 0.3) is 0 Å². The topological polar surface area (TPSA) is 12.0 Å². The molecule has 3 rings (SSSR count). The maximum Gasteiger partial charge on any atom is 0.0443 e. The summed E-state index contributed by atoms with van der Waals surface area (Å²) >= 11 is 8.55. The van der Waals surface area contributed by atoms with Crippen molar-refractivity contribution in [2.45, 2.75) is 31.1 Å². The molecule has 2 aliphatic rings. The molecule has 0 spiro atoms. The predicted octanol–water partition coefficient (Wildman–Crippen LogP) is 4.03. The van der Waals surface area contributed by atoms with E-state index in [2.05, 4.69) is 23.5 Å². The zero-order chi connectivity index (χ0) is 12.4. The molecule has 1 N–H and O–H groups in total. The van der Waals surface area contributed by atoms with E-state index in [1.807, 2.05) is 11.8 Å². The van der Waals surface area contributed by atoms with Gasteiger partial charge in [0.15, 0.2) is 0 Å². The van der Waals surface area contributed by atoms with Gasteiger partial charge in [0.1, 0.15) is 0 Å². The van der Waals surface area contributed by atoms with Crippen LogP contribution in [0.3, 0.4) is 0 Å². The average molecular weight is 282 g/mol. The SMILES string of the molecule is Clc1cc(C2CCCNC2)ccc1C1CCSC1. The molecule has 0 aliphatic carbocycles. The second-order valence-electron chi connectivity index (χ2n) is 5.38. The summed E-state index contributed by atoms with van der Waals surface area (Å²) in [6.45, 7) is 2.27. The molecule has 0 bridgehead atoms. The molecule has 98 valence electrons. The minimum atomic E-state index is 0.656. The van der Waals surface area contributed by atoms with Gasteiger partial charge in [0.05, 0.1) is 0 Å². The van der Waals surface area contributed by atoms with E-state index in [1.54, 1.807) is 0 Å². The highest BCUT2D eigenvalue weighted by Gasteiger charge is 2.21. The fraction of sp³-hybridized carbons (Fsp3) is 0.600. The number of nitrogens with one attached hydrogen (secondary N) is 1. The van der Waals surface area contributed by atoms with E-state index in [0.29, 0.717) is 11.8 Å². The second-order valence-corrected chi connectivity index (χ2v) is 6.94. The lowest BCUT2D eigenvalue weighted by Crippen LogP contribution is -2.28. The molecule has 0 saturated carbocycles. The first-order chi connectivity index (χ1) is 8.84. The van der Waals surface area contributed by atoms with Crippen LogP contribution in [0, 0.1) is 0 Å². The van der Waals surface area contributed by atoms with Gasteiger partial charge in [0.25, 0.3) is 0 Å². The molecule has 2 aliphatic heterocycles. The molecule has 2 heterocycles. The molecule has 2 saturated heterocycles. The Balaban J connectivity index is 1.79. The van der Waals surface area contributed by atoms with Crippen LogP contribution in [0.2, 0.25) is 5.02 Å². The first-order valence-electron chi connectivity index (χ1n) is 6.92. The highest BCUT2D eigenvalue weighted by atomic mass is 35.5. The van der Waals surface area contributed by atoms with Gasteiger partial charge >= 0.3 is 0 Å². The van der Waals surface area contributed by atoms with E-state index in [0.717, 1.165) is 11.6 Å². The van der Waals surface area contributed by atoms with E-state index in [1.165, 1.54) is 48.4 Å². The van der Waals surface area contributed by atoms with Crippen LogP contribution in [0.15, 0.2) is 18.2 Å². The zero-order valence-corrected chi connectivity index (χ0v) is 12.2. The second kappa shape index (κ2) is 5.85. The summed E-state index contributed by atoms with van der Waals surface area (Å²) < 4.78 is 0. The molecule has 2 unspecified atom stereocenters. The Hall–Kier alpha value is -0.180. The van der Waals surface area contributed by atoms with Gasteiger partial charge in [-0.15, -0.1) is 0 Å². The molecule has 0 amide bonds. The zero-order valence-electron chi connectivity index (χ0n) is 10.6. The first-order valence-corrected chi connectivity index (χ1v) is 8.45. The summed E-state index contributed by atoms with van der Waals surface area (Å²) in [4.78, 5) is 0. The van der Waals surface area contributed by atoms with Gasteiger partial charge < -0.3 is 5.32 Å². The molecule has 1 nitrogen and oxygen atoms in total. The molecular formula is C15H20ClNS. The van der Waals surface area contributed by atoms with E-state index < -0.39 is 0 Å². The van der Waals surface area contributed by atoms with E-state index >= 15 is 0 Å². The van der Waals surface area contributed by atoms with Gasteiger partial charge in [-0.1, -0.05) is 23.7 Å². The van der Waals surface area contributed by atoms with Gasteiger partial charge in [0.2, 0.25) is 0 Å². The van der Waals surface area contributed by atoms with Crippen LogP contribution in [-0.2, 0) is 0 Å². The third-order valence-corrected chi connectivity index (χ3v) is 5.65. The van der Waals surface area contributed by atoms with Crippen molar-refractivity contribution < 1.29 is 0 Å². The van der Waals surface area contributed by atoms with Crippen LogP contribution < -0.4 is 5.32 Å². The molecule has 2 fully saturated rings. The maximum absolute atomic E-state index is 6.50. The van der Waals surface area contributed by atoms with Crippen LogP contribution in [0.5, 0.6) is 0 Å². The summed E-state index contributed by atoms with van der Waals surface area (Å²) in [6.07, 6.45) is 3.86. The van der Waals surface area contributed by atoms with Crippen LogP contribution in [0.4, 0.5) is 0 Å². The number of hydrogen-bond donors (Lipinski definition) is 1. The number of benzene rings is 1. The monoisotopic (exact) mass is 281 g/mol. The average Bonchev–Trinajstić information content (AvgIpc) is 2.93. The van der Waals surface area contributed by atoms with Gasteiger partial charge in [-0.2, -0.15) is 11.8 Å². The van der Waals surface area contributed by atoms with Crippen molar-refractivity contribution in [3.8, 4) is 0 Å². The minimum absolute atomic E-state index is 0.656. The first kappa shape index (κ1) is 12.8. The molecule has 1 aromatic carbocycles. The number of piperidine rings is 1. The Labute approximate surface area is 119 Å². The van der Waals surface area contributed by atoms with Crippen molar-refractivity contribution in [3.05, 3.63) is 34.3 Å². The number of rotatable bonds is 2. The molecule has 1 aromatic rings. The van der Waals surface area contributed by atoms with Crippen molar-refractivity contribution in [1.29, 1.82) is 0 Å². The Morgan fingerprint density at radius 3 is 2.83 bits per heavy atom. The van der Waals surface area contributed by atoms with Gasteiger partial charge in [-0.05, 0) is 60.6 Å². The molecule has 3 heteroatoms. The van der Waals surface area contributed by atoms with Crippen molar-refractivity contribution in [3.63, 3.8) is 0 Å². The fourth-order valence-electron chi connectivity index (χ4n) is 3.04. The summed E-state index contributed by atoms with van der Waals surface area (Å²) in [5.41, 5.74) is 2.79. The van der Waals surface area contributed by atoms with Crippen molar-refractivity contribution >= 4 is 23.4 Å². The van der Waals surface area contributed by atoms with Gasteiger partial charge in [0, 0.05) is 17.3 Å². The Morgan fingerprint density at radius 1 is 1.22 bits per heavy atom. The van der Waals surface area contributed by atoms with Crippen molar-refractivity contribution in [2.24, 2.45) is 0 Å². The Kier molecular flexibility index (Phi) is 4.17. The maximum atomic E-state index is 6.50. The summed E-state index contributed by atoms with van der Waals surface area (Å²) in [5.74, 6) is 3.86. The van der Waals surface area contributed by atoms with Crippen LogP contribution in [-0.4, -0.2) is 24.6 Å². The van der Waals surface area contributed by atoms with Gasteiger partial charge in [-0.3, -0.25) is 0 Å². The Bertz CT molecular complexity index is 409. The van der Waals surface area contributed by atoms with Crippen molar-refractivity contribution in [1.82, 2.24) is 5.32 Å². The summed E-state index contributed by atoms with van der Waals surface area (Å²) in [6, 6.07) is 6.81. The lowest BCUT2D eigenvalue weighted by Gasteiger charge is -2.24. The molecule has 0 radical (unpaired) electrons. The smallest absolute Gasteiger partial charge is 0.0443 e. The number of halogens is 1. The third kappa shape index (κ3) is 2.71. The number of hydrogen-bond acceptors (Lipinski definition) is 2. The fourth-order valence-corrected chi connectivity index (χ4v) is 4.64. The van der Waals surface area contributed by atoms with Crippen LogP contribution >= 0.6 is 23.4 Å². The van der Waals surface area contributed by atoms with Crippen molar-refractivity contribution in [2.75, 3.05) is 24.6 Å². The predicted molar refractivity (Wildman–Crippen MR) is 81.0 cm³/mol. The number of thioether (sulfide) groups is 1. The highest BCUT2D eigenvalue weighted by Crippen LogP contribution is 2.37. The Morgan fingerprint density at radius 2 is 2.17 bits per heavy atom. The highest BCUT2D eigenvalue weighted by molar-refractivity contribution is 7.99. The molecule has 2 atom stereocenters. The van der Waals surface area contributed by atoms with E-state index in [-0.39, 0.29) is 0 Å². The largest absolute Gasteiger partial charge is 0.316 e. The normalized spacial score (nSPS) is 28.5. The van der Waals surface area contributed by atoms with Crippen LogP contribution in [0.1, 0.15) is 42.2 Å². The lowest BCUT2D eigenvalue weighted by molar-refractivity contribution is 0.461. The summed E-state index contributed by atoms with van der Waals surface area (Å²) in [5, 5.41) is 4.47.